The highest BCUT2D eigenvalue weighted by Gasteiger charge is 2.13. The highest BCUT2D eigenvalue weighted by molar-refractivity contribution is 7.14. The molecule has 3 aromatic heterocycles. The normalized spacial score (nSPS) is 10.6. The number of amides is 1. The summed E-state index contributed by atoms with van der Waals surface area (Å²) in [5, 5.41) is 9.10. The van der Waals surface area contributed by atoms with Crippen molar-refractivity contribution < 1.29 is 13.9 Å². The first kappa shape index (κ1) is 20.4. The van der Waals surface area contributed by atoms with Gasteiger partial charge < -0.3 is 10.1 Å². The van der Waals surface area contributed by atoms with Crippen LogP contribution in [0.5, 0.6) is 5.75 Å². The Morgan fingerprint density at radius 3 is 2.87 bits per heavy atom. The van der Waals surface area contributed by atoms with Crippen LogP contribution in [0, 0.1) is 5.82 Å². The minimum absolute atomic E-state index is 0.271. The van der Waals surface area contributed by atoms with Gasteiger partial charge in [-0.05, 0) is 30.3 Å². The van der Waals surface area contributed by atoms with Gasteiger partial charge in [0, 0.05) is 41.0 Å². The summed E-state index contributed by atoms with van der Waals surface area (Å²) in [4.78, 5) is 33.1. The van der Waals surface area contributed by atoms with Crippen molar-refractivity contribution in [1.29, 1.82) is 0 Å². The van der Waals surface area contributed by atoms with Crippen molar-refractivity contribution in [2.75, 3.05) is 12.4 Å². The van der Waals surface area contributed by atoms with Gasteiger partial charge in [-0.15, -0.1) is 11.3 Å². The maximum atomic E-state index is 13.5. The molecule has 1 amide bonds. The number of aromatic nitrogens is 4. The molecule has 4 aromatic rings. The number of ether oxygens (including phenoxy) is 1. The smallest absolute Gasteiger partial charge is 0.267 e. The minimum Gasteiger partial charge on any atom is -0.496 e. The van der Waals surface area contributed by atoms with Crippen molar-refractivity contribution in [1.82, 2.24) is 19.7 Å². The molecule has 0 bridgehead atoms. The lowest BCUT2D eigenvalue weighted by atomic mass is 10.1. The van der Waals surface area contributed by atoms with Crippen LogP contribution < -0.4 is 15.6 Å². The number of pyridine rings is 1. The number of rotatable bonds is 6. The van der Waals surface area contributed by atoms with E-state index in [1.54, 1.807) is 23.8 Å². The highest BCUT2D eigenvalue weighted by atomic mass is 32.1. The number of hydrogen-bond donors (Lipinski definition) is 1. The molecular formula is C21H16FN5O3S. The third-order valence-corrected chi connectivity index (χ3v) is 5.07. The molecule has 156 valence electrons. The Morgan fingerprint density at radius 2 is 2.10 bits per heavy atom. The van der Waals surface area contributed by atoms with E-state index in [0.29, 0.717) is 22.1 Å². The van der Waals surface area contributed by atoms with E-state index in [2.05, 4.69) is 20.4 Å². The van der Waals surface area contributed by atoms with Crippen LogP contribution in [0.4, 0.5) is 9.52 Å². The average Bonchev–Trinajstić information content (AvgIpc) is 3.24. The van der Waals surface area contributed by atoms with E-state index in [9.17, 15) is 14.0 Å². The lowest BCUT2D eigenvalue weighted by Gasteiger charge is -2.10. The fraction of sp³-hybridized carbons (Fsp3) is 0.0952. The molecule has 0 aliphatic carbocycles. The van der Waals surface area contributed by atoms with Gasteiger partial charge in [-0.1, -0.05) is 0 Å². The monoisotopic (exact) mass is 437 g/mol. The van der Waals surface area contributed by atoms with Crippen molar-refractivity contribution in [2.45, 2.75) is 6.54 Å². The predicted octanol–water partition coefficient (Wildman–Crippen LogP) is 3.22. The number of methoxy groups -OCH3 is 1. The number of halogens is 1. The largest absolute Gasteiger partial charge is 0.496 e. The van der Waals surface area contributed by atoms with Crippen LogP contribution in [-0.4, -0.2) is 32.8 Å². The minimum atomic E-state index is -0.456. The number of hydrogen-bond acceptors (Lipinski definition) is 7. The molecule has 4 rings (SSSR count). The van der Waals surface area contributed by atoms with Crippen molar-refractivity contribution in [3.8, 4) is 28.3 Å². The molecule has 0 saturated carbocycles. The van der Waals surface area contributed by atoms with E-state index in [0.717, 1.165) is 10.2 Å². The maximum Gasteiger partial charge on any atom is 0.267 e. The first-order valence-corrected chi connectivity index (χ1v) is 9.99. The van der Waals surface area contributed by atoms with Crippen LogP contribution >= 0.6 is 11.3 Å². The topological polar surface area (TPSA) is 99.0 Å². The SMILES string of the molecule is COc1cc(F)ccc1-c1ccc(=O)n(CC(=O)Nc2nc(-c3cccnc3)cs2)n1. The van der Waals surface area contributed by atoms with Gasteiger partial charge in [-0.2, -0.15) is 5.10 Å². The van der Waals surface area contributed by atoms with Gasteiger partial charge in [0.2, 0.25) is 5.91 Å². The molecular weight excluding hydrogens is 421 g/mol. The molecule has 0 spiro atoms. The van der Waals surface area contributed by atoms with Crippen molar-refractivity contribution in [3.63, 3.8) is 0 Å². The van der Waals surface area contributed by atoms with Gasteiger partial charge >= 0.3 is 0 Å². The summed E-state index contributed by atoms with van der Waals surface area (Å²) in [6.45, 7) is -0.308. The van der Waals surface area contributed by atoms with Crippen LogP contribution in [0.3, 0.4) is 0 Å². The molecule has 1 aromatic carbocycles. The van der Waals surface area contributed by atoms with E-state index in [1.165, 1.54) is 48.8 Å². The van der Waals surface area contributed by atoms with Gasteiger partial charge in [0.15, 0.2) is 5.13 Å². The Hall–Kier alpha value is -3.92. The van der Waals surface area contributed by atoms with Crippen LogP contribution in [0.25, 0.3) is 22.5 Å². The second-order valence-corrected chi connectivity index (χ2v) is 7.24. The summed E-state index contributed by atoms with van der Waals surface area (Å²) in [5.41, 5.74) is 1.94. The molecule has 10 heteroatoms. The van der Waals surface area contributed by atoms with E-state index in [-0.39, 0.29) is 12.3 Å². The molecule has 0 fully saturated rings. The van der Waals surface area contributed by atoms with E-state index < -0.39 is 17.3 Å². The maximum absolute atomic E-state index is 13.5. The number of thiazole rings is 1. The molecule has 8 nitrogen and oxygen atoms in total. The lowest BCUT2D eigenvalue weighted by molar-refractivity contribution is -0.117. The van der Waals surface area contributed by atoms with Gasteiger partial charge in [-0.3, -0.25) is 14.6 Å². The zero-order valence-corrected chi connectivity index (χ0v) is 17.1. The summed E-state index contributed by atoms with van der Waals surface area (Å²) in [6.07, 6.45) is 3.35. The molecule has 0 unspecified atom stereocenters. The number of carbonyl (C=O) groups is 1. The quantitative estimate of drug-likeness (QED) is 0.497. The molecule has 1 N–H and O–H groups in total. The third-order valence-electron chi connectivity index (χ3n) is 4.31. The molecule has 0 atom stereocenters. The van der Waals surface area contributed by atoms with Crippen LogP contribution in [0.2, 0.25) is 0 Å². The second kappa shape index (κ2) is 8.84. The van der Waals surface area contributed by atoms with Gasteiger partial charge in [0.25, 0.3) is 5.56 Å². The van der Waals surface area contributed by atoms with Gasteiger partial charge in [-0.25, -0.2) is 14.1 Å². The zero-order chi connectivity index (χ0) is 21.8. The van der Waals surface area contributed by atoms with Gasteiger partial charge in [0.05, 0.1) is 18.5 Å². The summed E-state index contributed by atoms with van der Waals surface area (Å²) >= 11 is 1.26. The van der Waals surface area contributed by atoms with Crippen LogP contribution in [0.15, 0.2) is 65.0 Å². The Morgan fingerprint density at radius 1 is 1.23 bits per heavy atom. The Kier molecular flexibility index (Phi) is 5.80. The summed E-state index contributed by atoms with van der Waals surface area (Å²) in [6, 6.07) is 10.4. The summed E-state index contributed by atoms with van der Waals surface area (Å²) < 4.78 is 19.7. The fourth-order valence-corrected chi connectivity index (χ4v) is 3.59. The zero-order valence-electron chi connectivity index (χ0n) is 16.3. The molecule has 0 radical (unpaired) electrons. The number of nitrogens with one attached hydrogen (secondary N) is 1. The van der Waals surface area contributed by atoms with Gasteiger partial charge in [0.1, 0.15) is 18.1 Å². The molecule has 0 aliphatic rings. The molecule has 3 heterocycles. The first-order valence-electron chi connectivity index (χ1n) is 9.11. The van der Waals surface area contributed by atoms with E-state index in [1.807, 2.05) is 6.07 Å². The van der Waals surface area contributed by atoms with E-state index in [4.69, 9.17) is 4.74 Å². The summed E-state index contributed by atoms with van der Waals surface area (Å²) in [7, 11) is 1.41. The first-order chi connectivity index (χ1) is 15.0. The number of carbonyl (C=O) groups excluding carboxylic acids is 1. The molecule has 31 heavy (non-hydrogen) atoms. The van der Waals surface area contributed by atoms with Crippen LogP contribution in [-0.2, 0) is 11.3 Å². The molecule has 0 aliphatic heterocycles. The third kappa shape index (κ3) is 4.64. The number of anilines is 1. The second-order valence-electron chi connectivity index (χ2n) is 6.39. The van der Waals surface area contributed by atoms with Crippen molar-refractivity contribution >= 4 is 22.4 Å². The highest BCUT2D eigenvalue weighted by Crippen LogP contribution is 2.28. The molecule has 0 saturated heterocycles. The Bertz CT molecular complexity index is 1290. The average molecular weight is 437 g/mol. The Balaban J connectivity index is 1.52. The number of nitrogens with zero attached hydrogens (tertiary/aromatic N) is 4. The van der Waals surface area contributed by atoms with E-state index >= 15 is 0 Å². The van der Waals surface area contributed by atoms with Crippen molar-refractivity contribution in [2.24, 2.45) is 0 Å². The summed E-state index contributed by atoms with van der Waals surface area (Å²) in [5.74, 6) is -0.639. The predicted molar refractivity (Wildman–Crippen MR) is 114 cm³/mol. The standard InChI is InChI=1S/C21H16FN5O3S/c1-30-18-9-14(22)4-5-15(18)16-6-7-20(29)27(26-16)11-19(28)25-21-24-17(12-31-21)13-3-2-8-23-10-13/h2-10,12H,11H2,1H3,(H,24,25,28). The number of benzene rings is 1. The Labute approximate surface area is 180 Å². The van der Waals surface area contributed by atoms with Crippen molar-refractivity contribution in [3.05, 3.63) is 76.4 Å². The van der Waals surface area contributed by atoms with Crippen LogP contribution in [0.1, 0.15) is 0 Å². The lowest BCUT2D eigenvalue weighted by Crippen LogP contribution is -2.29. The fourth-order valence-electron chi connectivity index (χ4n) is 2.86.